The van der Waals surface area contributed by atoms with Gasteiger partial charge in [0.05, 0.1) is 24.7 Å². The van der Waals surface area contributed by atoms with E-state index < -0.39 is 20.2 Å². The molecule has 0 radical (unpaired) electrons. The first kappa shape index (κ1) is 38.8. The van der Waals surface area contributed by atoms with Crippen molar-refractivity contribution in [1.29, 1.82) is 0 Å². The Morgan fingerprint density at radius 1 is 0.436 bits per heavy atom. The van der Waals surface area contributed by atoms with Crippen LogP contribution in [0, 0.1) is 11.8 Å². The molecule has 0 fully saturated rings. The molecule has 39 heavy (non-hydrogen) atoms. The van der Waals surface area contributed by atoms with E-state index in [1.807, 2.05) is 13.8 Å². The van der Waals surface area contributed by atoms with Crippen LogP contribution in [0.15, 0.2) is 0 Å². The van der Waals surface area contributed by atoms with Crippen LogP contribution in [0.3, 0.4) is 0 Å². The van der Waals surface area contributed by atoms with Crippen molar-refractivity contribution in [3.05, 3.63) is 0 Å². The van der Waals surface area contributed by atoms with E-state index in [1.165, 1.54) is 83.5 Å². The van der Waals surface area contributed by atoms with Gasteiger partial charge in [-0.15, -0.1) is 0 Å². The van der Waals surface area contributed by atoms with Crippen LogP contribution < -0.4 is 0 Å². The molecule has 0 spiro atoms. The maximum absolute atomic E-state index is 12.3. The zero-order valence-electron chi connectivity index (χ0n) is 26.1. The second-order valence-electron chi connectivity index (χ2n) is 11.9. The maximum atomic E-state index is 12.3. The van der Waals surface area contributed by atoms with Crippen molar-refractivity contribution in [2.24, 2.45) is 11.8 Å². The summed E-state index contributed by atoms with van der Waals surface area (Å²) in [6.07, 6.45) is 24.1. The highest BCUT2D eigenvalue weighted by molar-refractivity contribution is 7.86. The molecule has 0 N–H and O–H groups in total. The molecule has 0 amide bonds. The van der Waals surface area contributed by atoms with Crippen molar-refractivity contribution in [3.8, 4) is 0 Å². The van der Waals surface area contributed by atoms with Gasteiger partial charge in [0.25, 0.3) is 20.2 Å². The Kier molecular flexibility index (Phi) is 25.4. The number of hydrogen-bond acceptors (Lipinski definition) is 6. The van der Waals surface area contributed by atoms with E-state index in [1.54, 1.807) is 0 Å². The lowest BCUT2D eigenvalue weighted by Crippen LogP contribution is -2.20. The van der Waals surface area contributed by atoms with E-state index >= 15 is 0 Å². The third-order valence-corrected chi connectivity index (χ3v) is 9.93. The largest absolute Gasteiger partial charge is 0.270 e. The van der Waals surface area contributed by atoms with E-state index in [0.717, 1.165) is 32.1 Å². The van der Waals surface area contributed by atoms with Crippen LogP contribution in [0.25, 0.3) is 0 Å². The molecule has 0 aliphatic carbocycles. The minimum atomic E-state index is -3.51. The van der Waals surface area contributed by atoms with Gasteiger partial charge in [0.15, 0.2) is 0 Å². The summed E-state index contributed by atoms with van der Waals surface area (Å²) in [4.78, 5) is 0. The van der Waals surface area contributed by atoms with Gasteiger partial charge in [-0.3, -0.25) is 8.37 Å². The molecule has 8 heteroatoms. The molecular weight excluding hydrogens is 532 g/mol. The van der Waals surface area contributed by atoms with Crippen LogP contribution in [0.5, 0.6) is 0 Å². The predicted octanol–water partition coefficient (Wildman–Crippen LogP) is 9.18. The van der Waals surface area contributed by atoms with Crippen molar-refractivity contribution in [2.75, 3.05) is 24.7 Å². The lowest BCUT2D eigenvalue weighted by molar-refractivity contribution is 0.203. The van der Waals surface area contributed by atoms with Gasteiger partial charge in [-0.05, 0) is 31.1 Å². The number of hydrogen-bond donors (Lipinski definition) is 0. The summed E-state index contributed by atoms with van der Waals surface area (Å²) in [6.45, 7) is 8.55. The van der Waals surface area contributed by atoms with E-state index in [2.05, 4.69) is 13.8 Å². The summed E-state index contributed by atoms with van der Waals surface area (Å²) in [6, 6.07) is 0. The van der Waals surface area contributed by atoms with E-state index in [9.17, 15) is 16.8 Å². The maximum Gasteiger partial charge on any atom is 0.267 e. The van der Waals surface area contributed by atoms with Gasteiger partial charge in [-0.2, -0.15) is 16.8 Å². The second-order valence-corrected chi connectivity index (χ2v) is 15.4. The summed E-state index contributed by atoms with van der Waals surface area (Å²) >= 11 is 0. The third kappa shape index (κ3) is 27.7. The molecule has 236 valence electrons. The Morgan fingerprint density at radius 2 is 0.692 bits per heavy atom. The Morgan fingerprint density at radius 3 is 0.974 bits per heavy atom. The molecular formula is C31H64O6S2. The summed E-state index contributed by atoms with van der Waals surface area (Å²) < 4.78 is 59.2. The summed E-state index contributed by atoms with van der Waals surface area (Å²) in [5.41, 5.74) is 0. The van der Waals surface area contributed by atoms with E-state index in [4.69, 9.17) is 8.37 Å². The summed E-state index contributed by atoms with van der Waals surface area (Å²) in [5, 5.41) is 0. The Hall–Kier alpha value is -0.180. The SMILES string of the molecule is CCCCCCCCCCCCCCCCS(=O)(=O)OCC(C)CC(C)COS(=O)(=O)CCCCCCCC. The smallest absolute Gasteiger partial charge is 0.267 e. The average Bonchev–Trinajstić information content (AvgIpc) is 2.88. The molecule has 0 saturated heterocycles. The normalized spacial score (nSPS) is 14.1. The first-order chi connectivity index (χ1) is 18.6. The van der Waals surface area contributed by atoms with Crippen molar-refractivity contribution in [3.63, 3.8) is 0 Å². The van der Waals surface area contributed by atoms with Crippen molar-refractivity contribution >= 4 is 20.2 Å². The average molecular weight is 597 g/mol. The van der Waals surface area contributed by atoms with Crippen molar-refractivity contribution in [2.45, 2.75) is 163 Å². The highest BCUT2D eigenvalue weighted by atomic mass is 32.2. The fraction of sp³-hybridized carbons (Fsp3) is 1.00. The highest BCUT2D eigenvalue weighted by Crippen LogP contribution is 2.17. The molecule has 2 unspecified atom stereocenters. The quantitative estimate of drug-likeness (QED) is 0.0607. The van der Waals surface area contributed by atoms with Crippen LogP contribution in [0.1, 0.15) is 163 Å². The van der Waals surface area contributed by atoms with E-state index in [-0.39, 0.29) is 36.6 Å². The molecule has 2 atom stereocenters. The molecule has 0 aliphatic rings. The van der Waals surface area contributed by atoms with Gasteiger partial charge in [0.1, 0.15) is 0 Å². The third-order valence-electron chi connectivity index (χ3n) is 7.36. The lowest BCUT2D eigenvalue weighted by Gasteiger charge is -2.17. The minimum absolute atomic E-state index is 0.0102. The van der Waals surface area contributed by atoms with Crippen LogP contribution >= 0.6 is 0 Å². The molecule has 0 aliphatic heterocycles. The van der Waals surface area contributed by atoms with Crippen LogP contribution in [0.4, 0.5) is 0 Å². The van der Waals surface area contributed by atoms with Crippen LogP contribution in [0.2, 0.25) is 0 Å². The molecule has 0 aromatic carbocycles. The zero-order valence-corrected chi connectivity index (χ0v) is 27.7. The number of rotatable bonds is 30. The van der Waals surface area contributed by atoms with Gasteiger partial charge < -0.3 is 0 Å². The van der Waals surface area contributed by atoms with Gasteiger partial charge in [0, 0.05) is 0 Å². The van der Waals surface area contributed by atoms with Crippen LogP contribution in [-0.2, 0) is 28.6 Å². The summed E-state index contributed by atoms with van der Waals surface area (Å²) in [5.74, 6) is 0.169. The fourth-order valence-corrected chi connectivity index (χ4v) is 7.14. The first-order valence-electron chi connectivity index (χ1n) is 16.4. The molecule has 0 heterocycles. The van der Waals surface area contributed by atoms with Gasteiger partial charge >= 0.3 is 0 Å². The Bertz CT molecular complexity index is 736. The van der Waals surface area contributed by atoms with Crippen molar-refractivity contribution in [1.82, 2.24) is 0 Å². The van der Waals surface area contributed by atoms with E-state index in [0.29, 0.717) is 19.3 Å². The monoisotopic (exact) mass is 596 g/mol. The lowest BCUT2D eigenvalue weighted by atomic mass is 9.99. The van der Waals surface area contributed by atoms with Crippen molar-refractivity contribution < 1.29 is 25.2 Å². The molecule has 0 aromatic rings. The van der Waals surface area contributed by atoms with Gasteiger partial charge in [0.2, 0.25) is 0 Å². The minimum Gasteiger partial charge on any atom is -0.270 e. The zero-order chi connectivity index (χ0) is 29.2. The topological polar surface area (TPSA) is 86.7 Å². The summed E-state index contributed by atoms with van der Waals surface area (Å²) in [7, 11) is -7.01. The molecule has 0 aromatic heterocycles. The number of unbranched alkanes of at least 4 members (excludes halogenated alkanes) is 18. The molecule has 6 nitrogen and oxygen atoms in total. The molecule has 0 saturated carbocycles. The second kappa shape index (κ2) is 25.5. The highest BCUT2D eigenvalue weighted by Gasteiger charge is 2.18. The Balaban J connectivity index is 3.78. The standard InChI is InChI=1S/C31H64O6S2/c1-5-7-9-11-13-14-15-16-17-18-19-20-22-24-26-39(34,35)37-29-31(4)27-30(3)28-36-38(32,33)25-23-21-12-10-8-6-2/h30-31H,5-29H2,1-4H3. The predicted molar refractivity (Wildman–Crippen MR) is 166 cm³/mol. The fourth-order valence-electron chi connectivity index (χ4n) is 4.91. The first-order valence-corrected chi connectivity index (χ1v) is 19.5. The Labute approximate surface area is 244 Å². The van der Waals surface area contributed by atoms with Gasteiger partial charge in [-0.25, -0.2) is 0 Å². The van der Waals surface area contributed by atoms with Gasteiger partial charge in [-0.1, -0.05) is 143 Å². The van der Waals surface area contributed by atoms with Crippen LogP contribution in [-0.4, -0.2) is 41.6 Å². The molecule has 0 rings (SSSR count). The molecule has 0 bridgehead atoms.